The fourth-order valence-corrected chi connectivity index (χ4v) is 2.88. The lowest BCUT2D eigenvalue weighted by Gasteiger charge is -2.24. The van der Waals surface area contributed by atoms with E-state index in [9.17, 15) is 9.59 Å². The van der Waals surface area contributed by atoms with Crippen molar-refractivity contribution >= 4 is 23.1 Å². The van der Waals surface area contributed by atoms with E-state index in [1.165, 1.54) is 12.5 Å². The quantitative estimate of drug-likeness (QED) is 0.849. The smallest absolute Gasteiger partial charge is 0.243 e. The highest BCUT2D eigenvalue weighted by Gasteiger charge is 2.17. The van der Waals surface area contributed by atoms with E-state index in [-0.39, 0.29) is 18.2 Å². The lowest BCUT2D eigenvalue weighted by molar-refractivity contribution is -0.115. The molecule has 5 nitrogen and oxygen atoms in total. The molecule has 0 spiro atoms. The topological polar surface area (TPSA) is 61.4 Å². The largest absolute Gasteiger partial charge is 0.361 e. The number of fused-ring (bicyclic) bond motifs is 1. The van der Waals surface area contributed by atoms with Crippen molar-refractivity contribution in [3.05, 3.63) is 59.7 Å². The van der Waals surface area contributed by atoms with Crippen molar-refractivity contribution in [1.29, 1.82) is 0 Å². The number of Topliss-reactive ketones (excluding diaryl/α,β-unsaturated/α-hetero) is 1. The number of amides is 1. The number of hydrogen-bond donors (Lipinski definition) is 2. The first-order valence-corrected chi connectivity index (χ1v) is 8.08. The van der Waals surface area contributed by atoms with Crippen LogP contribution in [0.4, 0.5) is 11.4 Å². The maximum atomic E-state index is 12.4. The average Bonchev–Trinajstić information content (AvgIpc) is 2.77. The number of carbonyl (C=O) groups is 2. The van der Waals surface area contributed by atoms with Gasteiger partial charge in [0.2, 0.25) is 5.91 Å². The predicted molar refractivity (Wildman–Crippen MR) is 95.4 cm³/mol. The van der Waals surface area contributed by atoms with Gasteiger partial charge in [0.1, 0.15) is 0 Å². The Morgan fingerprint density at radius 1 is 1.17 bits per heavy atom. The van der Waals surface area contributed by atoms with Crippen LogP contribution in [0.2, 0.25) is 0 Å². The molecule has 0 fully saturated rings. The molecule has 2 aromatic rings. The summed E-state index contributed by atoms with van der Waals surface area (Å²) in [6.45, 7) is 4.22. The molecule has 5 heteroatoms. The van der Waals surface area contributed by atoms with E-state index >= 15 is 0 Å². The highest BCUT2D eigenvalue weighted by atomic mass is 16.2. The molecule has 24 heavy (non-hydrogen) atoms. The highest BCUT2D eigenvalue weighted by Crippen LogP contribution is 2.22. The van der Waals surface area contributed by atoms with Crippen LogP contribution in [0.25, 0.3) is 0 Å². The molecule has 0 atom stereocenters. The van der Waals surface area contributed by atoms with E-state index in [0.29, 0.717) is 11.3 Å². The van der Waals surface area contributed by atoms with Crippen LogP contribution in [0.1, 0.15) is 22.8 Å². The molecule has 0 unspecified atom stereocenters. The molecule has 0 aliphatic carbocycles. The second-order valence-electron chi connectivity index (χ2n) is 5.91. The normalized spacial score (nSPS) is 13.8. The number of hydrogen-bond acceptors (Lipinski definition) is 4. The molecule has 0 aromatic heterocycles. The van der Waals surface area contributed by atoms with Gasteiger partial charge in [0.25, 0.3) is 0 Å². The fraction of sp³-hybridized carbons (Fsp3) is 0.263. The third-order valence-corrected chi connectivity index (χ3v) is 4.09. The van der Waals surface area contributed by atoms with Gasteiger partial charge in [-0.1, -0.05) is 30.3 Å². The molecule has 2 aromatic carbocycles. The van der Waals surface area contributed by atoms with E-state index in [4.69, 9.17) is 0 Å². The average molecular weight is 323 g/mol. The number of nitrogens with zero attached hydrogens (tertiary/aromatic N) is 1. The SMILES string of the molecule is CC(=O)c1cccc(NC(=O)CN2CCNCc3ccccc32)c1. The molecule has 0 bridgehead atoms. The number of para-hydroxylation sites is 1. The standard InChI is InChI=1S/C19H21N3O2/c1-14(23)15-6-4-7-17(11-15)21-19(24)13-22-10-9-20-12-16-5-2-3-8-18(16)22/h2-8,11,20H,9-10,12-13H2,1H3,(H,21,24). The van der Waals surface area contributed by atoms with Gasteiger partial charge in [-0.3, -0.25) is 9.59 Å². The zero-order valence-electron chi connectivity index (χ0n) is 13.7. The molecule has 1 aliphatic heterocycles. The van der Waals surface area contributed by atoms with Crippen LogP contribution in [0, 0.1) is 0 Å². The van der Waals surface area contributed by atoms with Crippen LogP contribution in [0.15, 0.2) is 48.5 Å². The van der Waals surface area contributed by atoms with Gasteiger partial charge in [0.15, 0.2) is 5.78 Å². The first kappa shape index (κ1) is 16.2. The van der Waals surface area contributed by atoms with Gasteiger partial charge in [-0.25, -0.2) is 0 Å². The summed E-state index contributed by atoms with van der Waals surface area (Å²) in [4.78, 5) is 26.0. The minimum Gasteiger partial charge on any atom is -0.361 e. The van der Waals surface area contributed by atoms with Crippen molar-refractivity contribution in [2.45, 2.75) is 13.5 Å². The summed E-state index contributed by atoms with van der Waals surface area (Å²) in [5.74, 6) is -0.106. The summed E-state index contributed by atoms with van der Waals surface area (Å²) in [6.07, 6.45) is 0. The van der Waals surface area contributed by atoms with Crippen LogP contribution in [-0.4, -0.2) is 31.3 Å². The molecule has 3 rings (SSSR count). The van der Waals surface area contributed by atoms with Crippen molar-refractivity contribution in [2.24, 2.45) is 0 Å². The van der Waals surface area contributed by atoms with Crippen molar-refractivity contribution < 1.29 is 9.59 Å². The molecule has 0 radical (unpaired) electrons. The summed E-state index contributed by atoms with van der Waals surface area (Å²) in [7, 11) is 0. The first-order valence-electron chi connectivity index (χ1n) is 8.08. The Hall–Kier alpha value is -2.66. The molecular weight excluding hydrogens is 302 g/mol. The Kier molecular flexibility index (Phi) is 4.91. The number of anilines is 2. The number of benzene rings is 2. The second-order valence-corrected chi connectivity index (χ2v) is 5.91. The third kappa shape index (κ3) is 3.81. The van der Waals surface area contributed by atoms with Crippen molar-refractivity contribution in [3.8, 4) is 0 Å². The van der Waals surface area contributed by atoms with E-state index < -0.39 is 0 Å². The zero-order valence-corrected chi connectivity index (χ0v) is 13.7. The van der Waals surface area contributed by atoms with Gasteiger partial charge in [-0.2, -0.15) is 0 Å². The maximum absolute atomic E-state index is 12.4. The minimum absolute atomic E-state index is 0.0152. The number of rotatable bonds is 4. The maximum Gasteiger partial charge on any atom is 0.243 e. The van der Waals surface area contributed by atoms with Crippen molar-refractivity contribution in [1.82, 2.24) is 5.32 Å². The Morgan fingerprint density at radius 3 is 2.83 bits per heavy atom. The fourth-order valence-electron chi connectivity index (χ4n) is 2.88. The van der Waals surface area contributed by atoms with Crippen LogP contribution < -0.4 is 15.5 Å². The van der Waals surface area contributed by atoms with Crippen LogP contribution in [0.3, 0.4) is 0 Å². The molecule has 0 saturated heterocycles. The summed E-state index contributed by atoms with van der Waals surface area (Å²) in [5, 5.41) is 6.25. The number of carbonyl (C=O) groups excluding carboxylic acids is 2. The first-order chi connectivity index (χ1) is 11.6. The summed E-state index contributed by atoms with van der Waals surface area (Å²) < 4.78 is 0. The molecule has 1 heterocycles. The summed E-state index contributed by atoms with van der Waals surface area (Å²) in [5.41, 5.74) is 3.53. The van der Waals surface area contributed by atoms with Gasteiger partial charge in [0.05, 0.1) is 6.54 Å². The lowest BCUT2D eigenvalue weighted by atomic mass is 10.1. The Labute approximate surface area is 141 Å². The van der Waals surface area contributed by atoms with Gasteiger partial charge in [0, 0.05) is 36.6 Å². The Morgan fingerprint density at radius 2 is 2.00 bits per heavy atom. The van der Waals surface area contributed by atoms with E-state index in [0.717, 1.165) is 25.3 Å². The predicted octanol–water partition coefficient (Wildman–Crippen LogP) is 2.44. The molecule has 0 saturated carbocycles. The van der Waals surface area contributed by atoms with E-state index in [1.807, 2.05) is 18.2 Å². The van der Waals surface area contributed by atoms with Gasteiger partial charge < -0.3 is 15.5 Å². The van der Waals surface area contributed by atoms with Gasteiger partial charge >= 0.3 is 0 Å². The molecule has 1 aliphatic rings. The molecular formula is C19H21N3O2. The zero-order chi connectivity index (χ0) is 16.9. The van der Waals surface area contributed by atoms with Crippen molar-refractivity contribution in [2.75, 3.05) is 29.9 Å². The van der Waals surface area contributed by atoms with E-state index in [1.54, 1.807) is 24.3 Å². The van der Waals surface area contributed by atoms with Crippen LogP contribution in [-0.2, 0) is 11.3 Å². The summed E-state index contributed by atoms with van der Waals surface area (Å²) in [6, 6.07) is 15.1. The van der Waals surface area contributed by atoms with Crippen molar-refractivity contribution in [3.63, 3.8) is 0 Å². The van der Waals surface area contributed by atoms with Gasteiger partial charge in [-0.15, -0.1) is 0 Å². The molecule has 1 amide bonds. The van der Waals surface area contributed by atoms with Gasteiger partial charge in [-0.05, 0) is 30.7 Å². The summed E-state index contributed by atoms with van der Waals surface area (Å²) >= 11 is 0. The van der Waals surface area contributed by atoms with Crippen LogP contribution in [0.5, 0.6) is 0 Å². The van der Waals surface area contributed by atoms with E-state index in [2.05, 4.69) is 21.6 Å². The highest BCUT2D eigenvalue weighted by molar-refractivity contribution is 5.98. The molecule has 124 valence electrons. The number of ketones is 1. The Bertz CT molecular complexity index is 758. The second kappa shape index (κ2) is 7.27. The lowest BCUT2D eigenvalue weighted by Crippen LogP contribution is -2.36. The third-order valence-electron chi connectivity index (χ3n) is 4.09. The molecule has 2 N–H and O–H groups in total. The Balaban J connectivity index is 1.71. The van der Waals surface area contributed by atoms with Crippen LogP contribution >= 0.6 is 0 Å². The number of nitrogens with one attached hydrogen (secondary N) is 2. The monoisotopic (exact) mass is 323 g/mol. The minimum atomic E-state index is -0.0904.